The van der Waals surface area contributed by atoms with Gasteiger partial charge in [0.2, 0.25) is 15.9 Å². The van der Waals surface area contributed by atoms with Crippen molar-refractivity contribution in [3.05, 3.63) is 58.1 Å². The Labute approximate surface area is 160 Å². The standard InChI is InChI=1S/C19H23ClN2O3S/c1-12-6-9-18(14(3)10-12)21-19(23)15(4)22(26(5,24)25)16-8-7-13(2)17(20)11-16/h6-11,15H,1-5H3,(H,21,23)/t15-/m0/s1. The Morgan fingerprint density at radius 3 is 2.27 bits per heavy atom. The fourth-order valence-electron chi connectivity index (χ4n) is 2.72. The molecule has 0 aliphatic rings. The van der Waals surface area contributed by atoms with Crippen molar-refractivity contribution in [1.29, 1.82) is 0 Å². The third-order valence-corrected chi connectivity index (χ3v) is 5.79. The quantitative estimate of drug-likeness (QED) is 0.831. The van der Waals surface area contributed by atoms with Crippen molar-refractivity contribution < 1.29 is 13.2 Å². The number of hydrogen-bond donors (Lipinski definition) is 1. The monoisotopic (exact) mass is 394 g/mol. The molecule has 0 fully saturated rings. The number of benzene rings is 2. The van der Waals surface area contributed by atoms with Gasteiger partial charge >= 0.3 is 0 Å². The van der Waals surface area contributed by atoms with Crippen molar-refractivity contribution in [2.24, 2.45) is 0 Å². The highest BCUT2D eigenvalue weighted by atomic mass is 35.5. The van der Waals surface area contributed by atoms with Crippen LogP contribution < -0.4 is 9.62 Å². The molecular formula is C19H23ClN2O3S. The second kappa shape index (κ2) is 7.68. The fraction of sp³-hybridized carbons (Fsp3) is 0.316. The van der Waals surface area contributed by atoms with Gasteiger partial charge in [-0.3, -0.25) is 9.10 Å². The smallest absolute Gasteiger partial charge is 0.248 e. The highest BCUT2D eigenvalue weighted by Gasteiger charge is 2.29. The molecule has 0 spiro atoms. The highest BCUT2D eigenvalue weighted by Crippen LogP contribution is 2.27. The van der Waals surface area contributed by atoms with E-state index in [0.717, 1.165) is 27.3 Å². The summed E-state index contributed by atoms with van der Waals surface area (Å²) < 4.78 is 25.8. The number of nitrogens with one attached hydrogen (secondary N) is 1. The lowest BCUT2D eigenvalue weighted by Crippen LogP contribution is -2.45. The molecule has 26 heavy (non-hydrogen) atoms. The molecule has 0 radical (unpaired) electrons. The largest absolute Gasteiger partial charge is 0.324 e. The predicted molar refractivity (Wildman–Crippen MR) is 108 cm³/mol. The van der Waals surface area contributed by atoms with E-state index in [0.29, 0.717) is 16.4 Å². The zero-order chi connectivity index (χ0) is 19.6. The lowest BCUT2D eigenvalue weighted by atomic mass is 10.1. The van der Waals surface area contributed by atoms with Crippen LogP contribution in [0, 0.1) is 20.8 Å². The highest BCUT2D eigenvalue weighted by molar-refractivity contribution is 7.92. The number of aryl methyl sites for hydroxylation is 3. The number of nitrogens with zero attached hydrogens (tertiary/aromatic N) is 1. The summed E-state index contributed by atoms with van der Waals surface area (Å²) >= 11 is 6.14. The minimum absolute atomic E-state index is 0.353. The van der Waals surface area contributed by atoms with E-state index in [-0.39, 0.29) is 0 Å². The molecule has 1 N–H and O–H groups in total. The van der Waals surface area contributed by atoms with Crippen molar-refractivity contribution in [1.82, 2.24) is 0 Å². The van der Waals surface area contributed by atoms with E-state index in [4.69, 9.17) is 11.6 Å². The molecule has 2 aromatic carbocycles. The summed E-state index contributed by atoms with van der Waals surface area (Å²) in [6.07, 6.45) is 1.07. The van der Waals surface area contributed by atoms with Crippen LogP contribution in [-0.4, -0.2) is 26.6 Å². The molecule has 1 amide bonds. The summed E-state index contributed by atoms with van der Waals surface area (Å²) in [6.45, 7) is 7.23. The van der Waals surface area contributed by atoms with Crippen LogP contribution >= 0.6 is 11.6 Å². The number of sulfonamides is 1. The maximum Gasteiger partial charge on any atom is 0.248 e. The maximum absolute atomic E-state index is 12.7. The third kappa shape index (κ3) is 4.56. The van der Waals surface area contributed by atoms with E-state index in [1.165, 1.54) is 0 Å². The van der Waals surface area contributed by atoms with E-state index < -0.39 is 22.0 Å². The number of hydrogen-bond acceptors (Lipinski definition) is 3. The van der Waals surface area contributed by atoms with Gasteiger partial charge in [0.25, 0.3) is 0 Å². The Balaban J connectivity index is 2.35. The Kier molecular flexibility index (Phi) is 5.98. The lowest BCUT2D eigenvalue weighted by molar-refractivity contribution is -0.116. The first-order valence-corrected chi connectivity index (χ1v) is 10.4. The van der Waals surface area contributed by atoms with E-state index in [2.05, 4.69) is 5.32 Å². The van der Waals surface area contributed by atoms with Crippen LogP contribution in [0.3, 0.4) is 0 Å². The minimum Gasteiger partial charge on any atom is -0.324 e. The topological polar surface area (TPSA) is 66.5 Å². The molecule has 7 heteroatoms. The van der Waals surface area contributed by atoms with Crippen molar-refractivity contribution >= 4 is 38.9 Å². The minimum atomic E-state index is -3.69. The fourth-order valence-corrected chi connectivity index (χ4v) is 4.06. The molecule has 0 heterocycles. The normalized spacial score (nSPS) is 12.5. The van der Waals surface area contributed by atoms with Gasteiger partial charge in [0.05, 0.1) is 11.9 Å². The van der Waals surface area contributed by atoms with E-state index >= 15 is 0 Å². The van der Waals surface area contributed by atoms with Crippen molar-refractivity contribution in [3.63, 3.8) is 0 Å². The molecule has 0 saturated carbocycles. The zero-order valence-corrected chi connectivity index (χ0v) is 17.1. The van der Waals surface area contributed by atoms with Gasteiger partial charge in [-0.15, -0.1) is 0 Å². The van der Waals surface area contributed by atoms with Crippen LogP contribution in [0.15, 0.2) is 36.4 Å². The van der Waals surface area contributed by atoms with Crippen molar-refractivity contribution in [2.45, 2.75) is 33.7 Å². The average Bonchev–Trinajstić information content (AvgIpc) is 2.52. The van der Waals surface area contributed by atoms with Gasteiger partial charge < -0.3 is 5.32 Å². The molecule has 0 aliphatic carbocycles. The van der Waals surface area contributed by atoms with E-state index in [1.807, 2.05) is 39.0 Å². The first-order valence-electron chi connectivity index (χ1n) is 8.14. The Hall–Kier alpha value is -2.05. The lowest BCUT2D eigenvalue weighted by Gasteiger charge is -2.28. The molecule has 0 bridgehead atoms. The summed E-state index contributed by atoms with van der Waals surface area (Å²) in [4.78, 5) is 12.7. The molecule has 5 nitrogen and oxygen atoms in total. The van der Waals surface area contributed by atoms with Crippen molar-refractivity contribution in [2.75, 3.05) is 15.9 Å². The Morgan fingerprint density at radius 2 is 1.73 bits per heavy atom. The second-order valence-corrected chi connectivity index (χ2v) is 8.74. The third-order valence-electron chi connectivity index (χ3n) is 4.14. The molecule has 0 saturated heterocycles. The first-order chi connectivity index (χ1) is 12.0. The maximum atomic E-state index is 12.7. The molecule has 140 valence electrons. The summed E-state index contributed by atoms with van der Waals surface area (Å²) in [5, 5.41) is 3.25. The van der Waals surface area contributed by atoms with E-state index in [9.17, 15) is 13.2 Å². The number of carbonyl (C=O) groups excluding carboxylic acids is 1. The Morgan fingerprint density at radius 1 is 1.08 bits per heavy atom. The molecule has 2 aromatic rings. The molecular weight excluding hydrogens is 372 g/mol. The van der Waals surface area contributed by atoms with Gasteiger partial charge in [-0.05, 0) is 57.0 Å². The number of carbonyl (C=O) groups is 1. The van der Waals surface area contributed by atoms with Gasteiger partial charge in [0, 0.05) is 10.7 Å². The van der Waals surface area contributed by atoms with Gasteiger partial charge in [-0.1, -0.05) is 35.4 Å². The average molecular weight is 395 g/mol. The van der Waals surface area contributed by atoms with Crippen LogP contribution in [0.5, 0.6) is 0 Å². The van der Waals surface area contributed by atoms with Crippen LogP contribution in [0.2, 0.25) is 5.02 Å². The summed E-state index contributed by atoms with van der Waals surface area (Å²) in [5.74, 6) is -0.418. The van der Waals surface area contributed by atoms with Crippen LogP contribution in [0.25, 0.3) is 0 Å². The van der Waals surface area contributed by atoms with Gasteiger partial charge in [-0.25, -0.2) is 8.42 Å². The summed E-state index contributed by atoms with van der Waals surface area (Å²) in [7, 11) is -3.69. The predicted octanol–water partition coefficient (Wildman–Crippen LogP) is 4.06. The van der Waals surface area contributed by atoms with Gasteiger partial charge in [0.1, 0.15) is 6.04 Å². The molecule has 0 aromatic heterocycles. The number of halogens is 1. The van der Waals surface area contributed by atoms with Gasteiger partial charge in [0.15, 0.2) is 0 Å². The number of anilines is 2. The van der Waals surface area contributed by atoms with Crippen LogP contribution in [0.1, 0.15) is 23.6 Å². The van der Waals surface area contributed by atoms with Crippen LogP contribution in [0.4, 0.5) is 11.4 Å². The molecule has 2 rings (SSSR count). The zero-order valence-electron chi connectivity index (χ0n) is 15.5. The van der Waals surface area contributed by atoms with Crippen molar-refractivity contribution in [3.8, 4) is 0 Å². The molecule has 1 atom stereocenters. The molecule has 0 unspecified atom stereocenters. The van der Waals surface area contributed by atoms with Gasteiger partial charge in [-0.2, -0.15) is 0 Å². The second-order valence-electron chi connectivity index (χ2n) is 6.48. The first kappa shape index (κ1) is 20.3. The summed E-state index contributed by atoms with van der Waals surface area (Å²) in [6, 6.07) is 9.63. The van der Waals surface area contributed by atoms with E-state index in [1.54, 1.807) is 25.1 Å². The number of rotatable bonds is 5. The Bertz CT molecular complexity index is 942. The number of amides is 1. The summed E-state index contributed by atoms with van der Waals surface area (Å²) in [5.41, 5.74) is 3.83. The van der Waals surface area contributed by atoms with Crippen LogP contribution in [-0.2, 0) is 14.8 Å². The molecule has 0 aliphatic heterocycles. The SMILES string of the molecule is Cc1ccc(NC(=O)[C@H](C)N(c2ccc(C)c(Cl)c2)S(C)(=O)=O)c(C)c1.